The fraction of sp³-hybridized carbons (Fsp3) is 0.294. The molecule has 2 aromatic heterocycles. The van der Waals surface area contributed by atoms with Crippen LogP contribution in [0.4, 0.5) is 5.82 Å². The number of methoxy groups -OCH3 is 1. The number of nitrogens with zero attached hydrogens (tertiary/aromatic N) is 5. The first-order valence-corrected chi connectivity index (χ1v) is 7.73. The average molecular weight is 324 g/mol. The van der Waals surface area contributed by atoms with E-state index in [1.165, 1.54) is 0 Å². The zero-order chi connectivity index (χ0) is 16.9. The second-order valence-corrected chi connectivity index (χ2v) is 5.53. The lowest BCUT2D eigenvalue weighted by atomic mass is 10.2. The van der Waals surface area contributed by atoms with Crippen LogP contribution in [0.2, 0.25) is 0 Å². The van der Waals surface area contributed by atoms with Gasteiger partial charge in [-0.05, 0) is 26.0 Å². The third-order valence-electron chi connectivity index (χ3n) is 3.51. The summed E-state index contributed by atoms with van der Waals surface area (Å²) >= 11 is 0. The van der Waals surface area contributed by atoms with E-state index in [1.807, 2.05) is 56.4 Å². The summed E-state index contributed by atoms with van der Waals surface area (Å²) in [5.41, 5.74) is 2.70. The average Bonchev–Trinajstić information content (AvgIpc) is 3.05. The van der Waals surface area contributed by atoms with Gasteiger partial charge in [0.05, 0.1) is 17.9 Å². The maximum absolute atomic E-state index is 5.10. The molecule has 2 heterocycles. The molecule has 3 aromatic rings. The molecule has 1 N–H and O–H groups in total. The van der Waals surface area contributed by atoms with Crippen molar-refractivity contribution in [1.29, 1.82) is 0 Å². The lowest BCUT2D eigenvalue weighted by Gasteiger charge is -2.13. The van der Waals surface area contributed by atoms with E-state index < -0.39 is 0 Å². The van der Waals surface area contributed by atoms with Crippen molar-refractivity contribution in [2.75, 3.05) is 12.4 Å². The van der Waals surface area contributed by atoms with Gasteiger partial charge in [-0.1, -0.05) is 23.4 Å². The van der Waals surface area contributed by atoms with Crippen LogP contribution in [-0.2, 0) is 11.3 Å². The van der Waals surface area contributed by atoms with Gasteiger partial charge in [-0.15, -0.1) is 5.10 Å². The largest absolute Gasteiger partial charge is 0.377 e. The van der Waals surface area contributed by atoms with Gasteiger partial charge in [-0.2, -0.15) is 0 Å². The van der Waals surface area contributed by atoms with Crippen LogP contribution in [0, 0.1) is 6.92 Å². The number of benzene rings is 1. The second-order valence-electron chi connectivity index (χ2n) is 5.53. The molecule has 1 unspecified atom stereocenters. The highest BCUT2D eigenvalue weighted by atomic mass is 16.5. The number of nitrogens with one attached hydrogen (secondary N) is 1. The number of para-hydroxylation sites is 1. The monoisotopic (exact) mass is 324 g/mol. The Labute approximate surface area is 140 Å². The van der Waals surface area contributed by atoms with Crippen LogP contribution in [0.25, 0.3) is 5.69 Å². The molecule has 0 radical (unpaired) electrons. The molecule has 7 heteroatoms. The van der Waals surface area contributed by atoms with Gasteiger partial charge in [0.1, 0.15) is 18.1 Å². The Hall–Kier alpha value is -2.80. The summed E-state index contributed by atoms with van der Waals surface area (Å²) < 4.78 is 6.86. The minimum atomic E-state index is -0.0350. The normalized spacial score (nSPS) is 12.1. The van der Waals surface area contributed by atoms with Crippen LogP contribution in [-0.4, -0.2) is 32.1 Å². The summed E-state index contributed by atoms with van der Waals surface area (Å²) in [6, 6.07) is 11.8. The topological polar surface area (TPSA) is 77.8 Å². The molecule has 0 aliphatic rings. The maximum atomic E-state index is 5.10. The lowest BCUT2D eigenvalue weighted by Crippen LogP contribution is -2.11. The molecule has 0 fully saturated rings. The predicted molar refractivity (Wildman–Crippen MR) is 90.9 cm³/mol. The van der Waals surface area contributed by atoms with Crippen molar-refractivity contribution in [1.82, 2.24) is 25.0 Å². The van der Waals surface area contributed by atoms with E-state index in [-0.39, 0.29) is 6.04 Å². The Bertz CT molecular complexity index is 802. The number of aryl methyl sites for hydroxylation is 1. The predicted octanol–water partition coefficient (Wildman–Crippen LogP) is 2.69. The van der Waals surface area contributed by atoms with Gasteiger partial charge in [-0.25, -0.2) is 14.6 Å². The first-order valence-electron chi connectivity index (χ1n) is 7.73. The molecule has 124 valence electrons. The highest BCUT2D eigenvalue weighted by Crippen LogP contribution is 2.17. The molecular weight excluding hydrogens is 304 g/mol. The highest BCUT2D eigenvalue weighted by molar-refractivity contribution is 5.38. The van der Waals surface area contributed by atoms with Crippen molar-refractivity contribution in [3.8, 4) is 5.69 Å². The summed E-state index contributed by atoms with van der Waals surface area (Å²) in [5.74, 6) is 1.40. The maximum Gasteiger partial charge on any atom is 0.156 e. The number of hydrogen-bond acceptors (Lipinski definition) is 6. The Kier molecular flexibility index (Phi) is 4.81. The van der Waals surface area contributed by atoms with Gasteiger partial charge >= 0.3 is 0 Å². The van der Waals surface area contributed by atoms with Crippen LogP contribution in [0.3, 0.4) is 0 Å². The smallest absolute Gasteiger partial charge is 0.156 e. The summed E-state index contributed by atoms with van der Waals surface area (Å²) in [5, 5.41) is 11.8. The minimum Gasteiger partial charge on any atom is -0.377 e. The number of anilines is 1. The van der Waals surface area contributed by atoms with Gasteiger partial charge in [0.25, 0.3) is 0 Å². The molecule has 0 aliphatic carbocycles. The van der Waals surface area contributed by atoms with E-state index >= 15 is 0 Å². The van der Waals surface area contributed by atoms with Gasteiger partial charge < -0.3 is 10.1 Å². The van der Waals surface area contributed by atoms with Crippen LogP contribution in [0.5, 0.6) is 0 Å². The van der Waals surface area contributed by atoms with Gasteiger partial charge in [0.2, 0.25) is 0 Å². The molecule has 0 saturated carbocycles. The zero-order valence-corrected chi connectivity index (χ0v) is 14.0. The molecule has 24 heavy (non-hydrogen) atoms. The Morgan fingerprint density at radius 2 is 2.00 bits per heavy atom. The first-order chi connectivity index (χ1) is 11.7. The standard InChI is InChI=1S/C17H20N6O/c1-12-9-16(20-17(18-12)11-24-3)19-13(2)15-10-23(22-21-15)14-7-5-4-6-8-14/h4-10,13H,11H2,1-3H3,(H,18,19,20). The number of rotatable bonds is 6. The van der Waals surface area contributed by atoms with Crippen molar-refractivity contribution >= 4 is 5.82 Å². The van der Waals surface area contributed by atoms with Gasteiger partial charge in [0, 0.05) is 18.9 Å². The Morgan fingerprint density at radius 1 is 1.21 bits per heavy atom. The van der Waals surface area contributed by atoms with Crippen molar-refractivity contribution in [2.45, 2.75) is 26.5 Å². The SMILES string of the molecule is COCc1nc(C)cc(NC(C)c2cn(-c3ccccc3)nn2)n1. The highest BCUT2D eigenvalue weighted by Gasteiger charge is 2.12. The summed E-state index contributed by atoms with van der Waals surface area (Å²) in [7, 11) is 1.63. The zero-order valence-electron chi connectivity index (χ0n) is 14.0. The fourth-order valence-electron chi connectivity index (χ4n) is 2.38. The molecule has 0 saturated heterocycles. The lowest BCUT2D eigenvalue weighted by molar-refractivity contribution is 0.177. The molecule has 0 aliphatic heterocycles. The van der Waals surface area contributed by atoms with E-state index in [0.717, 1.165) is 22.9 Å². The molecule has 0 spiro atoms. The van der Waals surface area contributed by atoms with E-state index in [9.17, 15) is 0 Å². The molecule has 1 atom stereocenters. The second kappa shape index (κ2) is 7.18. The quantitative estimate of drug-likeness (QED) is 0.751. The van der Waals surface area contributed by atoms with E-state index in [4.69, 9.17) is 4.74 Å². The van der Waals surface area contributed by atoms with Crippen molar-refractivity contribution < 1.29 is 4.74 Å². The first kappa shape index (κ1) is 16.1. The molecule has 0 amide bonds. The van der Waals surface area contributed by atoms with E-state index in [2.05, 4.69) is 25.6 Å². The fourth-order valence-corrected chi connectivity index (χ4v) is 2.38. The molecule has 7 nitrogen and oxygen atoms in total. The Balaban J connectivity index is 1.76. The van der Waals surface area contributed by atoms with Crippen molar-refractivity contribution in [3.63, 3.8) is 0 Å². The summed E-state index contributed by atoms with van der Waals surface area (Å²) in [6.45, 7) is 4.34. The van der Waals surface area contributed by atoms with Gasteiger partial charge in [-0.3, -0.25) is 0 Å². The van der Waals surface area contributed by atoms with Crippen LogP contribution < -0.4 is 5.32 Å². The number of hydrogen-bond donors (Lipinski definition) is 1. The third kappa shape index (κ3) is 3.75. The third-order valence-corrected chi connectivity index (χ3v) is 3.51. The summed E-state index contributed by atoms with van der Waals surface area (Å²) in [4.78, 5) is 8.79. The van der Waals surface area contributed by atoms with Gasteiger partial charge in [0.15, 0.2) is 5.82 Å². The minimum absolute atomic E-state index is 0.0350. The van der Waals surface area contributed by atoms with Crippen LogP contribution in [0.15, 0.2) is 42.6 Å². The van der Waals surface area contributed by atoms with Crippen molar-refractivity contribution in [3.05, 3.63) is 59.8 Å². The molecule has 0 bridgehead atoms. The molecular formula is C17H20N6O. The van der Waals surface area contributed by atoms with E-state index in [0.29, 0.717) is 12.4 Å². The molecule has 3 rings (SSSR count). The summed E-state index contributed by atoms with van der Waals surface area (Å²) in [6.07, 6.45) is 1.91. The number of aromatic nitrogens is 5. The van der Waals surface area contributed by atoms with Crippen LogP contribution >= 0.6 is 0 Å². The van der Waals surface area contributed by atoms with E-state index in [1.54, 1.807) is 11.8 Å². The van der Waals surface area contributed by atoms with Crippen LogP contribution in [0.1, 0.15) is 30.2 Å². The Morgan fingerprint density at radius 3 is 2.75 bits per heavy atom. The molecule has 1 aromatic carbocycles. The number of ether oxygens (including phenoxy) is 1. The van der Waals surface area contributed by atoms with Crippen molar-refractivity contribution in [2.24, 2.45) is 0 Å².